The third-order valence-corrected chi connectivity index (χ3v) is 3.10. The Balaban J connectivity index is 2.44. The van der Waals surface area contributed by atoms with Crippen LogP contribution < -0.4 is 10.6 Å². The van der Waals surface area contributed by atoms with Gasteiger partial charge in [-0.05, 0) is 24.0 Å². The van der Waals surface area contributed by atoms with E-state index in [4.69, 9.17) is 5.11 Å². The maximum Gasteiger partial charge on any atom is 0.326 e. The van der Waals surface area contributed by atoms with Crippen LogP contribution in [0.2, 0.25) is 0 Å². The molecule has 7 heteroatoms. The zero-order valence-corrected chi connectivity index (χ0v) is 13.1. The van der Waals surface area contributed by atoms with Gasteiger partial charge in [0, 0.05) is 0 Å². The Labute approximate surface area is 134 Å². The first-order chi connectivity index (χ1) is 10.8. The molecule has 0 saturated heterocycles. The van der Waals surface area contributed by atoms with Gasteiger partial charge in [-0.2, -0.15) is 0 Å². The van der Waals surface area contributed by atoms with Crippen molar-refractivity contribution < 1.29 is 23.9 Å². The molecule has 0 heterocycles. The van der Waals surface area contributed by atoms with Gasteiger partial charge in [0.25, 0.3) is 0 Å². The molecular formula is C16H21FN2O4. The number of hydrogen-bond acceptors (Lipinski definition) is 3. The zero-order valence-electron chi connectivity index (χ0n) is 13.1. The van der Waals surface area contributed by atoms with Crippen LogP contribution in [0, 0.1) is 11.7 Å². The molecule has 0 bridgehead atoms. The second-order valence-electron chi connectivity index (χ2n) is 5.63. The Morgan fingerprint density at radius 1 is 1.17 bits per heavy atom. The van der Waals surface area contributed by atoms with Gasteiger partial charge in [0.15, 0.2) is 0 Å². The third-order valence-electron chi connectivity index (χ3n) is 3.10. The average molecular weight is 324 g/mol. The van der Waals surface area contributed by atoms with Crippen LogP contribution in [-0.2, 0) is 20.8 Å². The number of benzene rings is 1. The van der Waals surface area contributed by atoms with Crippen molar-refractivity contribution in [1.82, 2.24) is 10.6 Å². The highest BCUT2D eigenvalue weighted by atomic mass is 19.1. The summed E-state index contributed by atoms with van der Waals surface area (Å²) in [6.45, 7) is 3.34. The SMILES string of the molecule is CC(C)C[C@H](NC(=O)CNC(=O)Cc1ccccc1F)C(=O)O. The van der Waals surface area contributed by atoms with Gasteiger partial charge in [0.2, 0.25) is 11.8 Å². The van der Waals surface area contributed by atoms with E-state index in [9.17, 15) is 18.8 Å². The highest BCUT2D eigenvalue weighted by Gasteiger charge is 2.21. The van der Waals surface area contributed by atoms with Crippen LogP contribution in [0.1, 0.15) is 25.8 Å². The number of aliphatic carboxylic acids is 1. The highest BCUT2D eigenvalue weighted by molar-refractivity contribution is 5.88. The average Bonchev–Trinajstić information content (AvgIpc) is 2.46. The molecule has 1 aromatic rings. The van der Waals surface area contributed by atoms with E-state index < -0.39 is 29.6 Å². The molecule has 0 spiro atoms. The molecule has 1 atom stereocenters. The van der Waals surface area contributed by atoms with E-state index in [-0.39, 0.29) is 24.4 Å². The number of carbonyl (C=O) groups excluding carboxylic acids is 2. The lowest BCUT2D eigenvalue weighted by atomic mass is 10.0. The van der Waals surface area contributed by atoms with Crippen molar-refractivity contribution >= 4 is 17.8 Å². The van der Waals surface area contributed by atoms with Gasteiger partial charge in [-0.1, -0.05) is 32.0 Å². The third kappa shape index (κ3) is 6.90. The fourth-order valence-corrected chi connectivity index (χ4v) is 1.99. The first-order valence-electron chi connectivity index (χ1n) is 7.32. The number of rotatable bonds is 8. The number of amides is 2. The molecule has 0 aromatic heterocycles. The predicted molar refractivity (Wildman–Crippen MR) is 82.1 cm³/mol. The molecular weight excluding hydrogens is 303 g/mol. The number of carboxylic acids is 1. The summed E-state index contributed by atoms with van der Waals surface area (Å²) >= 11 is 0. The normalized spacial score (nSPS) is 11.8. The molecule has 0 radical (unpaired) electrons. The fourth-order valence-electron chi connectivity index (χ4n) is 1.99. The first-order valence-corrected chi connectivity index (χ1v) is 7.32. The lowest BCUT2D eigenvalue weighted by molar-refractivity contribution is -0.142. The van der Waals surface area contributed by atoms with E-state index in [1.807, 2.05) is 13.8 Å². The summed E-state index contributed by atoms with van der Waals surface area (Å²) in [5.41, 5.74) is 0.230. The Hall–Kier alpha value is -2.44. The van der Waals surface area contributed by atoms with Crippen LogP contribution in [-0.4, -0.2) is 35.5 Å². The lowest BCUT2D eigenvalue weighted by Crippen LogP contribution is -2.46. The van der Waals surface area contributed by atoms with E-state index in [1.54, 1.807) is 6.07 Å². The van der Waals surface area contributed by atoms with E-state index in [0.29, 0.717) is 6.42 Å². The topological polar surface area (TPSA) is 95.5 Å². The Kier molecular flexibility index (Phi) is 7.18. The van der Waals surface area contributed by atoms with Gasteiger partial charge in [0.05, 0.1) is 13.0 Å². The molecule has 1 rings (SSSR count). The molecule has 2 amide bonds. The molecule has 0 aliphatic carbocycles. The van der Waals surface area contributed by atoms with Crippen LogP contribution in [0.4, 0.5) is 4.39 Å². The molecule has 1 aromatic carbocycles. The highest BCUT2D eigenvalue weighted by Crippen LogP contribution is 2.07. The van der Waals surface area contributed by atoms with Crippen molar-refractivity contribution in [3.8, 4) is 0 Å². The van der Waals surface area contributed by atoms with Crippen LogP contribution in [0.3, 0.4) is 0 Å². The second-order valence-corrected chi connectivity index (χ2v) is 5.63. The summed E-state index contributed by atoms with van der Waals surface area (Å²) in [6.07, 6.45) is 0.110. The Morgan fingerprint density at radius 3 is 2.39 bits per heavy atom. The van der Waals surface area contributed by atoms with Gasteiger partial charge in [0.1, 0.15) is 11.9 Å². The van der Waals surface area contributed by atoms with Crippen LogP contribution in [0.5, 0.6) is 0 Å². The predicted octanol–water partition coefficient (Wildman–Crippen LogP) is 1.10. The summed E-state index contributed by atoms with van der Waals surface area (Å²) in [6, 6.07) is 4.87. The lowest BCUT2D eigenvalue weighted by Gasteiger charge is -2.16. The molecule has 0 aliphatic heterocycles. The van der Waals surface area contributed by atoms with Crippen molar-refractivity contribution in [1.29, 1.82) is 0 Å². The largest absolute Gasteiger partial charge is 0.480 e. The van der Waals surface area contributed by atoms with E-state index in [2.05, 4.69) is 10.6 Å². The quantitative estimate of drug-likeness (QED) is 0.667. The Bertz CT molecular complexity index is 575. The molecule has 0 saturated carbocycles. The minimum Gasteiger partial charge on any atom is -0.480 e. The summed E-state index contributed by atoms with van der Waals surface area (Å²) in [5.74, 6) is -2.62. The number of hydrogen-bond donors (Lipinski definition) is 3. The maximum atomic E-state index is 13.4. The molecule has 0 fully saturated rings. The smallest absolute Gasteiger partial charge is 0.326 e. The molecule has 23 heavy (non-hydrogen) atoms. The van der Waals surface area contributed by atoms with Gasteiger partial charge in [-0.25, -0.2) is 9.18 Å². The van der Waals surface area contributed by atoms with Crippen LogP contribution in [0.25, 0.3) is 0 Å². The standard InChI is InChI=1S/C16H21FN2O4/c1-10(2)7-13(16(22)23)19-15(21)9-18-14(20)8-11-5-3-4-6-12(11)17/h3-6,10,13H,7-9H2,1-2H3,(H,18,20)(H,19,21)(H,22,23)/t13-/m0/s1. The second kappa shape index (κ2) is 8.87. The van der Waals surface area contributed by atoms with Gasteiger partial charge < -0.3 is 15.7 Å². The molecule has 6 nitrogen and oxygen atoms in total. The minimum absolute atomic E-state index is 0.104. The summed E-state index contributed by atoms with van der Waals surface area (Å²) in [7, 11) is 0. The van der Waals surface area contributed by atoms with Gasteiger partial charge >= 0.3 is 5.97 Å². The molecule has 0 unspecified atom stereocenters. The number of halogens is 1. The first kappa shape index (κ1) is 18.6. The number of carboxylic acid groups (broad SMARTS) is 1. The van der Waals surface area contributed by atoms with E-state index in [1.165, 1.54) is 18.2 Å². The number of carbonyl (C=O) groups is 3. The fraction of sp³-hybridized carbons (Fsp3) is 0.438. The van der Waals surface area contributed by atoms with Crippen LogP contribution in [0.15, 0.2) is 24.3 Å². The van der Waals surface area contributed by atoms with Crippen molar-refractivity contribution in [2.24, 2.45) is 5.92 Å². The van der Waals surface area contributed by atoms with E-state index in [0.717, 1.165) is 0 Å². The van der Waals surface area contributed by atoms with Crippen LogP contribution >= 0.6 is 0 Å². The van der Waals surface area contributed by atoms with Gasteiger partial charge in [-0.3, -0.25) is 9.59 Å². The van der Waals surface area contributed by atoms with Gasteiger partial charge in [-0.15, -0.1) is 0 Å². The van der Waals surface area contributed by atoms with E-state index >= 15 is 0 Å². The number of nitrogens with one attached hydrogen (secondary N) is 2. The molecule has 3 N–H and O–H groups in total. The minimum atomic E-state index is -1.12. The zero-order chi connectivity index (χ0) is 17.4. The van der Waals surface area contributed by atoms with Crippen molar-refractivity contribution in [3.63, 3.8) is 0 Å². The maximum absolute atomic E-state index is 13.4. The Morgan fingerprint density at radius 2 is 1.83 bits per heavy atom. The molecule has 126 valence electrons. The molecule has 0 aliphatic rings. The monoisotopic (exact) mass is 324 g/mol. The summed E-state index contributed by atoms with van der Waals surface area (Å²) in [4.78, 5) is 34.4. The van der Waals surface area contributed by atoms with Crippen molar-refractivity contribution in [3.05, 3.63) is 35.6 Å². The van der Waals surface area contributed by atoms with Crippen molar-refractivity contribution in [2.75, 3.05) is 6.54 Å². The van der Waals surface area contributed by atoms with Crippen molar-refractivity contribution in [2.45, 2.75) is 32.7 Å². The summed E-state index contributed by atoms with van der Waals surface area (Å²) in [5, 5.41) is 13.7. The summed E-state index contributed by atoms with van der Waals surface area (Å²) < 4.78 is 13.4.